The summed E-state index contributed by atoms with van der Waals surface area (Å²) in [6.07, 6.45) is 0.876. The summed E-state index contributed by atoms with van der Waals surface area (Å²) < 4.78 is 10.4. The van der Waals surface area contributed by atoms with Gasteiger partial charge < -0.3 is 20.5 Å². The number of ether oxygens (including phenoxy) is 2. The number of nitrogens with two attached hydrogens (primary N) is 1. The van der Waals surface area contributed by atoms with Gasteiger partial charge in [-0.05, 0) is 30.2 Å². The van der Waals surface area contributed by atoms with Crippen molar-refractivity contribution in [2.45, 2.75) is 26.3 Å². The molecule has 0 aliphatic rings. The highest BCUT2D eigenvalue weighted by Crippen LogP contribution is 2.16. The summed E-state index contributed by atoms with van der Waals surface area (Å²) in [5.41, 5.74) is 6.59. The quantitative estimate of drug-likeness (QED) is 0.715. The van der Waals surface area contributed by atoms with Crippen molar-refractivity contribution in [1.29, 1.82) is 0 Å². The van der Waals surface area contributed by atoms with Crippen molar-refractivity contribution in [1.82, 2.24) is 0 Å². The van der Waals surface area contributed by atoms with Crippen molar-refractivity contribution in [3.8, 4) is 5.75 Å². The van der Waals surface area contributed by atoms with Crippen molar-refractivity contribution in [2.24, 2.45) is 11.7 Å². The monoisotopic (exact) mass is 280 g/mol. The predicted octanol–water partition coefficient (Wildman–Crippen LogP) is 2.02. The molecule has 0 aliphatic carbocycles. The molecule has 20 heavy (non-hydrogen) atoms. The molecule has 1 aromatic carbocycles. The summed E-state index contributed by atoms with van der Waals surface area (Å²) in [7, 11) is 1.63. The van der Waals surface area contributed by atoms with Gasteiger partial charge in [-0.2, -0.15) is 0 Å². The maximum atomic E-state index is 11.9. The van der Waals surface area contributed by atoms with Crippen LogP contribution >= 0.6 is 0 Å². The van der Waals surface area contributed by atoms with Gasteiger partial charge in [-0.15, -0.1) is 0 Å². The Morgan fingerprint density at radius 3 is 2.50 bits per heavy atom. The molecule has 0 radical (unpaired) electrons. The number of nitrogens with one attached hydrogen (secondary N) is 1. The summed E-state index contributed by atoms with van der Waals surface area (Å²) >= 11 is 0. The molecule has 0 unspecified atom stereocenters. The number of rotatable bonds is 8. The number of carbonyl (C=O) groups excluding carboxylic acids is 1. The van der Waals surface area contributed by atoms with Crippen molar-refractivity contribution in [2.75, 3.05) is 25.6 Å². The second-order valence-corrected chi connectivity index (χ2v) is 4.77. The van der Waals surface area contributed by atoms with Crippen LogP contribution in [0.1, 0.15) is 20.3 Å². The third-order valence-corrected chi connectivity index (χ3v) is 3.24. The Morgan fingerprint density at radius 2 is 1.95 bits per heavy atom. The van der Waals surface area contributed by atoms with Gasteiger partial charge in [0.05, 0.1) is 12.6 Å². The normalized spacial score (nSPS) is 13.6. The molecule has 0 spiro atoms. The first-order chi connectivity index (χ1) is 9.58. The zero-order chi connectivity index (χ0) is 15.0. The fourth-order valence-corrected chi connectivity index (χ4v) is 1.62. The van der Waals surface area contributed by atoms with Gasteiger partial charge in [0.15, 0.2) is 0 Å². The van der Waals surface area contributed by atoms with Crippen LogP contribution < -0.4 is 15.8 Å². The highest BCUT2D eigenvalue weighted by molar-refractivity contribution is 5.94. The van der Waals surface area contributed by atoms with E-state index >= 15 is 0 Å². The Labute approximate surface area is 120 Å². The van der Waals surface area contributed by atoms with Crippen molar-refractivity contribution >= 4 is 11.6 Å². The van der Waals surface area contributed by atoms with Crippen LogP contribution in [0, 0.1) is 5.92 Å². The number of carbonyl (C=O) groups is 1. The molecule has 2 atom stereocenters. The van der Waals surface area contributed by atoms with E-state index in [-0.39, 0.29) is 11.8 Å². The minimum absolute atomic E-state index is 0.159. The minimum atomic E-state index is -0.488. The lowest BCUT2D eigenvalue weighted by molar-refractivity contribution is -0.118. The van der Waals surface area contributed by atoms with E-state index in [1.54, 1.807) is 31.4 Å². The first-order valence-electron chi connectivity index (χ1n) is 6.86. The van der Waals surface area contributed by atoms with Crippen molar-refractivity contribution in [3.63, 3.8) is 0 Å². The Bertz CT molecular complexity index is 406. The topological polar surface area (TPSA) is 73.6 Å². The largest absolute Gasteiger partial charge is 0.491 e. The Balaban J connectivity index is 2.50. The summed E-state index contributed by atoms with van der Waals surface area (Å²) in [4.78, 5) is 11.9. The average Bonchev–Trinajstić information content (AvgIpc) is 2.47. The van der Waals surface area contributed by atoms with Gasteiger partial charge in [0.1, 0.15) is 12.4 Å². The van der Waals surface area contributed by atoms with Crippen LogP contribution in [0.15, 0.2) is 24.3 Å². The molecule has 0 saturated carbocycles. The van der Waals surface area contributed by atoms with Crippen LogP contribution in [-0.2, 0) is 9.53 Å². The number of anilines is 1. The Kier molecular flexibility index (Phi) is 7.04. The van der Waals surface area contributed by atoms with E-state index in [2.05, 4.69) is 5.32 Å². The van der Waals surface area contributed by atoms with Crippen LogP contribution in [0.4, 0.5) is 5.69 Å². The SMILES string of the molecule is CC[C@H](C)[C@H](N)C(=O)Nc1ccc(OCCOC)cc1. The van der Waals surface area contributed by atoms with E-state index in [0.29, 0.717) is 18.9 Å². The van der Waals surface area contributed by atoms with E-state index in [4.69, 9.17) is 15.2 Å². The van der Waals surface area contributed by atoms with E-state index in [1.807, 2.05) is 13.8 Å². The van der Waals surface area contributed by atoms with E-state index < -0.39 is 6.04 Å². The first kappa shape index (κ1) is 16.5. The van der Waals surface area contributed by atoms with Crippen molar-refractivity contribution in [3.05, 3.63) is 24.3 Å². The van der Waals surface area contributed by atoms with Gasteiger partial charge >= 0.3 is 0 Å². The number of methoxy groups -OCH3 is 1. The smallest absolute Gasteiger partial charge is 0.241 e. The molecule has 112 valence electrons. The summed E-state index contributed by atoms with van der Waals surface area (Å²) in [6.45, 7) is 5.03. The minimum Gasteiger partial charge on any atom is -0.491 e. The molecule has 3 N–H and O–H groups in total. The second-order valence-electron chi connectivity index (χ2n) is 4.77. The summed E-state index contributed by atoms with van der Waals surface area (Å²) in [5, 5.41) is 2.81. The molecular formula is C15H24N2O3. The van der Waals surface area contributed by atoms with Crippen LogP contribution in [0.5, 0.6) is 5.75 Å². The lowest BCUT2D eigenvalue weighted by Gasteiger charge is -2.17. The molecule has 0 heterocycles. The molecule has 0 aliphatic heterocycles. The molecule has 5 nitrogen and oxygen atoms in total. The molecule has 0 bridgehead atoms. The van der Waals surface area contributed by atoms with Crippen LogP contribution in [-0.4, -0.2) is 32.3 Å². The predicted molar refractivity (Wildman–Crippen MR) is 79.9 cm³/mol. The molecular weight excluding hydrogens is 256 g/mol. The summed E-state index contributed by atoms with van der Waals surface area (Å²) in [5.74, 6) is 0.741. The number of benzene rings is 1. The van der Waals surface area contributed by atoms with E-state index in [9.17, 15) is 4.79 Å². The zero-order valence-electron chi connectivity index (χ0n) is 12.4. The van der Waals surface area contributed by atoms with Crippen LogP contribution in [0.25, 0.3) is 0 Å². The lowest BCUT2D eigenvalue weighted by Crippen LogP contribution is -2.40. The van der Waals surface area contributed by atoms with Crippen LogP contribution in [0.3, 0.4) is 0 Å². The Morgan fingerprint density at radius 1 is 1.30 bits per heavy atom. The molecule has 5 heteroatoms. The second kappa shape index (κ2) is 8.55. The standard InChI is InChI=1S/C15H24N2O3/c1-4-11(2)14(16)15(18)17-12-5-7-13(8-6-12)20-10-9-19-3/h5-8,11,14H,4,9-10,16H2,1-3H3,(H,17,18)/t11-,14-/m0/s1. The fraction of sp³-hybridized carbons (Fsp3) is 0.533. The molecule has 1 aromatic rings. The highest BCUT2D eigenvalue weighted by Gasteiger charge is 2.19. The van der Waals surface area contributed by atoms with Gasteiger partial charge in [-0.1, -0.05) is 20.3 Å². The number of hydrogen-bond acceptors (Lipinski definition) is 4. The lowest BCUT2D eigenvalue weighted by atomic mass is 9.99. The third kappa shape index (κ3) is 5.19. The molecule has 0 fully saturated rings. The van der Waals surface area contributed by atoms with E-state index in [1.165, 1.54) is 0 Å². The van der Waals surface area contributed by atoms with Gasteiger partial charge in [0, 0.05) is 12.8 Å². The number of amides is 1. The van der Waals surface area contributed by atoms with E-state index in [0.717, 1.165) is 12.2 Å². The molecule has 1 rings (SSSR count). The molecule has 0 aromatic heterocycles. The van der Waals surface area contributed by atoms with Gasteiger partial charge in [0.2, 0.25) is 5.91 Å². The van der Waals surface area contributed by atoms with Gasteiger partial charge in [-0.3, -0.25) is 4.79 Å². The van der Waals surface area contributed by atoms with Crippen LogP contribution in [0.2, 0.25) is 0 Å². The molecule has 0 saturated heterocycles. The summed E-state index contributed by atoms with van der Waals surface area (Å²) in [6, 6.07) is 6.71. The number of hydrogen-bond donors (Lipinski definition) is 2. The zero-order valence-corrected chi connectivity index (χ0v) is 12.4. The Hall–Kier alpha value is -1.59. The maximum absolute atomic E-state index is 11.9. The fourth-order valence-electron chi connectivity index (χ4n) is 1.62. The first-order valence-corrected chi connectivity index (χ1v) is 6.86. The van der Waals surface area contributed by atoms with Gasteiger partial charge in [-0.25, -0.2) is 0 Å². The molecule has 1 amide bonds. The van der Waals surface area contributed by atoms with Gasteiger partial charge in [0.25, 0.3) is 0 Å². The maximum Gasteiger partial charge on any atom is 0.241 e. The highest BCUT2D eigenvalue weighted by atomic mass is 16.5. The third-order valence-electron chi connectivity index (χ3n) is 3.24. The average molecular weight is 280 g/mol. The van der Waals surface area contributed by atoms with Crippen molar-refractivity contribution < 1.29 is 14.3 Å².